The quantitative estimate of drug-likeness (QED) is 0.674. The highest BCUT2D eigenvalue weighted by Gasteiger charge is 2.14. The summed E-state index contributed by atoms with van der Waals surface area (Å²) < 4.78 is 2.18. The van der Waals surface area contributed by atoms with Crippen LogP contribution < -0.4 is 0 Å². The molecule has 0 spiro atoms. The summed E-state index contributed by atoms with van der Waals surface area (Å²) >= 11 is 0. The maximum absolute atomic E-state index is 5.60. The van der Waals surface area contributed by atoms with Gasteiger partial charge in [-0.1, -0.05) is 35.9 Å². The van der Waals surface area contributed by atoms with E-state index in [1.165, 1.54) is 16.8 Å². The number of rotatable bonds is 5. The zero-order chi connectivity index (χ0) is 16.4. The normalized spacial score (nSPS) is 11.5. The molecule has 0 bridgehead atoms. The molecular weight excluding hydrogens is 286 g/mol. The van der Waals surface area contributed by atoms with Crippen LogP contribution in [0.25, 0.3) is 16.9 Å². The van der Waals surface area contributed by atoms with Crippen molar-refractivity contribution in [3.63, 3.8) is 0 Å². The van der Waals surface area contributed by atoms with Crippen LogP contribution in [-0.4, -0.2) is 35.2 Å². The average Bonchev–Trinajstić information content (AvgIpc) is 2.86. The van der Waals surface area contributed by atoms with Crippen molar-refractivity contribution in [2.24, 2.45) is 0 Å². The number of hydroxylamine groups is 2. The van der Waals surface area contributed by atoms with Crippen molar-refractivity contribution in [3.05, 3.63) is 59.4 Å². The second kappa shape index (κ2) is 6.52. The Morgan fingerprint density at radius 3 is 2.39 bits per heavy atom. The Balaban J connectivity index is 2.06. The molecule has 120 valence electrons. The highest BCUT2D eigenvalue weighted by atomic mass is 16.7. The fraction of sp³-hybridized carbons (Fsp3) is 0.316. The minimum absolute atomic E-state index is 0.633. The fourth-order valence-corrected chi connectivity index (χ4v) is 2.71. The van der Waals surface area contributed by atoms with Crippen LogP contribution in [0.15, 0.2) is 42.6 Å². The molecule has 1 aromatic carbocycles. The fourth-order valence-electron chi connectivity index (χ4n) is 2.71. The average molecular weight is 309 g/mol. The molecule has 4 nitrogen and oxygen atoms in total. The van der Waals surface area contributed by atoms with Crippen LogP contribution in [0.1, 0.15) is 16.8 Å². The molecule has 0 N–H and O–H groups in total. The maximum Gasteiger partial charge on any atom is 0.137 e. The van der Waals surface area contributed by atoms with Gasteiger partial charge < -0.3 is 4.40 Å². The Labute approximate surface area is 137 Å². The van der Waals surface area contributed by atoms with E-state index in [4.69, 9.17) is 9.82 Å². The lowest BCUT2D eigenvalue weighted by molar-refractivity contribution is -0.118. The van der Waals surface area contributed by atoms with E-state index in [1.807, 2.05) is 14.1 Å². The SMILES string of the molecule is Cc1ccc(-c2nc3ccc(C)cn3c2CCON(C)C)cc1. The number of aryl methyl sites for hydroxylation is 2. The maximum atomic E-state index is 5.60. The van der Waals surface area contributed by atoms with Crippen LogP contribution in [0.4, 0.5) is 0 Å². The number of hydrogen-bond donors (Lipinski definition) is 0. The summed E-state index contributed by atoms with van der Waals surface area (Å²) in [4.78, 5) is 10.4. The summed E-state index contributed by atoms with van der Waals surface area (Å²) in [5.41, 5.74) is 6.83. The molecule has 0 aliphatic rings. The summed E-state index contributed by atoms with van der Waals surface area (Å²) in [6.07, 6.45) is 2.96. The smallest absolute Gasteiger partial charge is 0.137 e. The Morgan fingerprint density at radius 2 is 1.70 bits per heavy atom. The first kappa shape index (κ1) is 15.7. The van der Waals surface area contributed by atoms with Crippen molar-refractivity contribution in [2.75, 3.05) is 20.7 Å². The van der Waals surface area contributed by atoms with Gasteiger partial charge in [-0.2, -0.15) is 5.06 Å². The number of aromatic nitrogens is 2. The monoisotopic (exact) mass is 309 g/mol. The topological polar surface area (TPSA) is 29.8 Å². The van der Waals surface area contributed by atoms with Crippen LogP contribution in [0.3, 0.4) is 0 Å². The van der Waals surface area contributed by atoms with Crippen LogP contribution in [0.5, 0.6) is 0 Å². The molecule has 23 heavy (non-hydrogen) atoms. The van der Waals surface area contributed by atoms with Crippen molar-refractivity contribution >= 4 is 5.65 Å². The summed E-state index contributed by atoms with van der Waals surface area (Å²) in [6.45, 7) is 4.83. The van der Waals surface area contributed by atoms with Gasteiger partial charge in [0.1, 0.15) is 5.65 Å². The Bertz CT molecular complexity index is 803. The number of fused-ring (bicyclic) bond motifs is 1. The van der Waals surface area contributed by atoms with E-state index in [0.717, 1.165) is 23.3 Å². The van der Waals surface area contributed by atoms with E-state index < -0.39 is 0 Å². The summed E-state index contributed by atoms with van der Waals surface area (Å²) in [6, 6.07) is 12.7. The van der Waals surface area contributed by atoms with Gasteiger partial charge in [0.05, 0.1) is 18.0 Å². The molecule has 0 amide bonds. The Hall–Kier alpha value is -2.17. The van der Waals surface area contributed by atoms with Gasteiger partial charge in [0, 0.05) is 32.3 Å². The van der Waals surface area contributed by atoms with Crippen molar-refractivity contribution in [1.29, 1.82) is 0 Å². The van der Waals surface area contributed by atoms with E-state index in [0.29, 0.717) is 6.61 Å². The molecule has 0 fully saturated rings. The molecule has 0 aliphatic carbocycles. The summed E-state index contributed by atoms with van der Waals surface area (Å²) in [5.74, 6) is 0. The van der Waals surface area contributed by atoms with Crippen molar-refractivity contribution < 1.29 is 4.84 Å². The van der Waals surface area contributed by atoms with E-state index in [2.05, 4.69) is 60.8 Å². The first-order chi connectivity index (χ1) is 11.0. The van der Waals surface area contributed by atoms with Gasteiger partial charge in [-0.15, -0.1) is 0 Å². The second-order valence-corrected chi connectivity index (χ2v) is 6.10. The number of benzene rings is 1. The first-order valence-corrected chi connectivity index (χ1v) is 7.89. The van der Waals surface area contributed by atoms with Crippen LogP contribution in [0.2, 0.25) is 0 Å². The van der Waals surface area contributed by atoms with Gasteiger partial charge >= 0.3 is 0 Å². The molecule has 0 radical (unpaired) electrons. The molecule has 2 aromatic heterocycles. The molecule has 0 unspecified atom stereocenters. The van der Waals surface area contributed by atoms with Gasteiger partial charge in [0.2, 0.25) is 0 Å². The number of imidazole rings is 1. The molecule has 0 saturated carbocycles. The third-order valence-corrected chi connectivity index (χ3v) is 3.88. The number of nitrogens with zero attached hydrogens (tertiary/aromatic N) is 3. The molecule has 2 heterocycles. The predicted molar refractivity (Wildman–Crippen MR) is 93.4 cm³/mol. The van der Waals surface area contributed by atoms with Gasteiger partial charge in [0.25, 0.3) is 0 Å². The van der Waals surface area contributed by atoms with Crippen molar-refractivity contribution in [1.82, 2.24) is 14.4 Å². The van der Waals surface area contributed by atoms with Crippen LogP contribution in [0, 0.1) is 13.8 Å². The Morgan fingerprint density at radius 1 is 1.00 bits per heavy atom. The second-order valence-electron chi connectivity index (χ2n) is 6.10. The third-order valence-electron chi connectivity index (χ3n) is 3.88. The minimum Gasteiger partial charge on any atom is -0.303 e. The summed E-state index contributed by atoms with van der Waals surface area (Å²) in [7, 11) is 3.80. The molecule has 0 saturated heterocycles. The number of pyridine rings is 1. The molecule has 0 aliphatic heterocycles. The van der Waals surface area contributed by atoms with E-state index in [1.54, 1.807) is 5.06 Å². The molecule has 3 rings (SSSR count). The Kier molecular flexibility index (Phi) is 4.46. The minimum atomic E-state index is 0.633. The zero-order valence-corrected chi connectivity index (χ0v) is 14.2. The standard InChI is InChI=1S/C19H23N3O/c1-14-5-8-16(9-6-14)19-17(11-12-23-21(3)4)22-13-15(2)7-10-18(22)20-19/h5-10,13H,11-12H2,1-4H3. The molecule has 3 aromatic rings. The number of hydrogen-bond acceptors (Lipinski definition) is 3. The largest absolute Gasteiger partial charge is 0.303 e. The lowest BCUT2D eigenvalue weighted by Crippen LogP contribution is -2.15. The van der Waals surface area contributed by atoms with Crippen LogP contribution in [-0.2, 0) is 11.3 Å². The zero-order valence-electron chi connectivity index (χ0n) is 14.2. The van der Waals surface area contributed by atoms with Gasteiger partial charge in [-0.3, -0.25) is 4.84 Å². The predicted octanol–water partition coefficient (Wildman–Crippen LogP) is 3.65. The van der Waals surface area contributed by atoms with Gasteiger partial charge in [0.15, 0.2) is 0 Å². The van der Waals surface area contributed by atoms with Crippen molar-refractivity contribution in [3.8, 4) is 11.3 Å². The van der Waals surface area contributed by atoms with Gasteiger partial charge in [-0.05, 0) is 25.5 Å². The highest BCUT2D eigenvalue weighted by Crippen LogP contribution is 2.25. The lowest BCUT2D eigenvalue weighted by Gasteiger charge is -2.11. The van der Waals surface area contributed by atoms with E-state index >= 15 is 0 Å². The molecular formula is C19H23N3O. The summed E-state index contributed by atoms with van der Waals surface area (Å²) in [5, 5.41) is 1.74. The molecule has 0 atom stereocenters. The first-order valence-electron chi connectivity index (χ1n) is 7.89. The van der Waals surface area contributed by atoms with Crippen molar-refractivity contribution in [2.45, 2.75) is 20.3 Å². The van der Waals surface area contributed by atoms with Crippen LogP contribution >= 0.6 is 0 Å². The lowest BCUT2D eigenvalue weighted by atomic mass is 10.1. The highest BCUT2D eigenvalue weighted by molar-refractivity contribution is 5.67. The van der Waals surface area contributed by atoms with Gasteiger partial charge in [-0.25, -0.2) is 4.98 Å². The third kappa shape index (κ3) is 3.44. The van der Waals surface area contributed by atoms with E-state index in [9.17, 15) is 0 Å². The van der Waals surface area contributed by atoms with E-state index in [-0.39, 0.29) is 0 Å². The molecule has 4 heteroatoms.